The Morgan fingerprint density at radius 2 is 1.82 bits per heavy atom. The van der Waals surface area contributed by atoms with E-state index in [1.165, 1.54) is 25.8 Å². The van der Waals surface area contributed by atoms with E-state index < -0.39 is 0 Å². The molecule has 0 bridgehead atoms. The van der Waals surface area contributed by atoms with Crippen LogP contribution in [0.4, 0.5) is 0 Å². The van der Waals surface area contributed by atoms with Crippen molar-refractivity contribution >= 4 is 0 Å². The molecule has 1 rings (SSSR count). The minimum atomic E-state index is 0.686. The topological polar surface area (TPSA) is 30.5 Å². The van der Waals surface area contributed by atoms with Crippen molar-refractivity contribution in [2.75, 3.05) is 33.0 Å². The van der Waals surface area contributed by atoms with Crippen molar-refractivity contribution < 1.29 is 9.47 Å². The van der Waals surface area contributed by atoms with E-state index in [1.54, 1.807) is 0 Å². The van der Waals surface area contributed by atoms with Crippen LogP contribution in [-0.2, 0) is 9.47 Å². The first kappa shape index (κ1) is 14.9. The third-order valence-corrected chi connectivity index (χ3v) is 3.23. The highest BCUT2D eigenvalue weighted by Crippen LogP contribution is 2.09. The number of ether oxygens (including phenoxy) is 2. The SMILES string of the molecule is CC(C)CCOCCOCCC1CCCCN1. The number of nitrogens with one attached hydrogen (secondary N) is 1. The molecule has 0 aromatic rings. The minimum absolute atomic E-state index is 0.686. The van der Waals surface area contributed by atoms with Crippen LogP contribution in [-0.4, -0.2) is 39.0 Å². The minimum Gasteiger partial charge on any atom is -0.379 e. The second kappa shape index (κ2) is 9.86. The Labute approximate surface area is 106 Å². The van der Waals surface area contributed by atoms with Crippen LogP contribution in [0.1, 0.15) is 46.0 Å². The fraction of sp³-hybridized carbons (Fsp3) is 1.00. The lowest BCUT2D eigenvalue weighted by Gasteiger charge is -2.23. The molecule has 102 valence electrons. The van der Waals surface area contributed by atoms with Crippen LogP contribution in [0.5, 0.6) is 0 Å². The zero-order chi connectivity index (χ0) is 12.3. The maximum Gasteiger partial charge on any atom is 0.0700 e. The number of hydrogen-bond acceptors (Lipinski definition) is 3. The Kier molecular flexibility index (Phi) is 8.67. The van der Waals surface area contributed by atoms with Crippen molar-refractivity contribution in [3.63, 3.8) is 0 Å². The van der Waals surface area contributed by atoms with Crippen molar-refractivity contribution in [1.29, 1.82) is 0 Å². The van der Waals surface area contributed by atoms with E-state index in [4.69, 9.17) is 9.47 Å². The van der Waals surface area contributed by atoms with E-state index in [2.05, 4.69) is 19.2 Å². The number of rotatable bonds is 9. The average Bonchev–Trinajstić information content (AvgIpc) is 2.33. The third kappa shape index (κ3) is 8.58. The van der Waals surface area contributed by atoms with Gasteiger partial charge < -0.3 is 14.8 Å². The van der Waals surface area contributed by atoms with E-state index in [9.17, 15) is 0 Å². The normalized spacial score (nSPS) is 21.0. The maximum atomic E-state index is 5.58. The largest absolute Gasteiger partial charge is 0.379 e. The Morgan fingerprint density at radius 1 is 1.06 bits per heavy atom. The van der Waals surface area contributed by atoms with Gasteiger partial charge in [0.05, 0.1) is 13.2 Å². The van der Waals surface area contributed by atoms with Gasteiger partial charge in [-0.1, -0.05) is 20.3 Å². The lowest BCUT2D eigenvalue weighted by atomic mass is 10.0. The molecule has 3 heteroatoms. The fourth-order valence-corrected chi connectivity index (χ4v) is 2.04. The quantitative estimate of drug-likeness (QED) is 0.631. The molecule has 17 heavy (non-hydrogen) atoms. The predicted molar refractivity (Wildman–Crippen MR) is 71.4 cm³/mol. The third-order valence-electron chi connectivity index (χ3n) is 3.23. The molecule has 0 spiro atoms. The van der Waals surface area contributed by atoms with Crippen LogP contribution in [0.15, 0.2) is 0 Å². The van der Waals surface area contributed by atoms with Gasteiger partial charge in [0, 0.05) is 19.3 Å². The first-order valence-electron chi connectivity index (χ1n) is 7.18. The van der Waals surface area contributed by atoms with Crippen LogP contribution in [0.25, 0.3) is 0 Å². The van der Waals surface area contributed by atoms with E-state index in [0.717, 1.165) is 45.2 Å². The van der Waals surface area contributed by atoms with Crippen molar-refractivity contribution in [1.82, 2.24) is 5.32 Å². The summed E-state index contributed by atoms with van der Waals surface area (Å²) in [5, 5.41) is 3.53. The summed E-state index contributed by atoms with van der Waals surface area (Å²) in [6, 6.07) is 0.686. The molecule has 1 saturated heterocycles. The smallest absolute Gasteiger partial charge is 0.0700 e. The van der Waals surface area contributed by atoms with Crippen LogP contribution in [0.2, 0.25) is 0 Å². The van der Waals surface area contributed by atoms with Crippen molar-refractivity contribution in [2.45, 2.75) is 52.0 Å². The van der Waals surface area contributed by atoms with Crippen molar-refractivity contribution in [2.24, 2.45) is 5.92 Å². The zero-order valence-electron chi connectivity index (χ0n) is 11.5. The number of hydrogen-bond donors (Lipinski definition) is 1. The molecule has 1 fully saturated rings. The number of piperidine rings is 1. The highest BCUT2D eigenvalue weighted by Gasteiger charge is 2.11. The van der Waals surface area contributed by atoms with Gasteiger partial charge in [0.1, 0.15) is 0 Å². The summed E-state index contributed by atoms with van der Waals surface area (Å²) < 4.78 is 11.1. The summed E-state index contributed by atoms with van der Waals surface area (Å²) in [5.74, 6) is 0.730. The first-order chi connectivity index (χ1) is 8.29. The van der Waals surface area contributed by atoms with Gasteiger partial charge in [0.25, 0.3) is 0 Å². The highest BCUT2D eigenvalue weighted by atomic mass is 16.5. The van der Waals surface area contributed by atoms with Crippen molar-refractivity contribution in [3.05, 3.63) is 0 Å². The summed E-state index contributed by atoms with van der Waals surface area (Å²) in [6.07, 6.45) is 6.31. The molecule has 0 aromatic carbocycles. The molecule has 1 unspecified atom stereocenters. The summed E-state index contributed by atoms with van der Waals surface area (Å²) >= 11 is 0. The molecule has 0 saturated carbocycles. The van der Waals surface area contributed by atoms with E-state index >= 15 is 0 Å². The Morgan fingerprint density at radius 3 is 2.47 bits per heavy atom. The van der Waals surface area contributed by atoms with Crippen molar-refractivity contribution in [3.8, 4) is 0 Å². The Bertz CT molecular complexity index is 168. The summed E-state index contributed by atoms with van der Waals surface area (Å²) in [5.41, 5.74) is 0. The Balaban J connectivity index is 1.78. The average molecular weight is 243 g/mol. The molecule has 1 aliphatic rings. The second-order valence-corrected chi connectivity index (χ2v) is 5.34. The first-order valence-corrected chi connectivity index (χ1v) is 7.18. The summed E-state index contributed by atoms with van der Waals surface area (Å²) in [4.78, 5) is 0. The summed E-state index contributed by atoms with van der Waals surface area (Å²) in [7, 11) is 0. The van der Waals surface area contributed by atoms with Gasteiger partial charge >= 0.3 is 0 Å². The summed E-state index contributed by atoms with van der Waals surface area (Å²) in [6.45, 7) is 8.84. The van der Waals surface area contributed by atoms with Crippen LogP contribution in [0, 0.1) is 5.92 Å². The van der Waals surface area contributed by atoms with Crippen LogP contribution < -0.4 is 5.32 Å². The molecular formula is C14H29NO2. The predicted octanol–water partition coefficient (Wildman–Crippen LogP) is 2.60. The van der Waals surface area contributed by atoms with Gasteiger partial charge in [-0.15, -0.1) is 0 Å². The van der Waals surface area contributed by atoms with Crippen LogP contribution >= 0.6 is 0 Å². The molecular weight excluding hydrogens is 214 g/mol. The molecule has 0 amide bonds. The molecule has 0 aliphatic carbocycles. The van der Waals surface area contributed by atoms with Gasteiger partial charge in [0.15, 0.2) is 0 Å². The molecule has 1 heterocycles. The fourth-order valence-electron chi connectivity index (χ4n) is 2.04. The molecule has 0 radical (unpaired) electrons. The molecule has 1 N–H and O–H groups in total. The van der Waals surface area contributed by atoms with Gasteiger partial charge in [-0.3, -0.25) is 0 Å². The zero-order valence-corrected chi connectivity index (χ0v) is 11.5. The lowest BCUT2D eigenvalue weighted by molar-refractivity contribution is 0.0401. The molecule has 3 nitrogen and oxygen atoms in total. The Hall–Kier alpha value is -0.120. The molecule has 0 aromatic heterocycles. The van der Waals surface area contributed by atoms with Crippen LogP contribution in [0.3, 0.4) is 0 Å². The van der Waals surface area contributed by atoms with E-state index in [0.29, 0.717) is 6.04 Å². The highest BCUT2D eigenvalue weighted by molar-refractivity contribution is 4.71. The van der Waals surface area contributed by atoms with E-state index in [-0.39, 0.29) is 0 Å². The molecule has 1 aliphatic heterocycles. The lowest BCUT2D eigenvalue weighted by Crippen LogP contribution is -2.34. The molecule has 1 atom stereocenters. The van der Waals surface area contributed by atoms with Gasteiger partial charge in [-0.2, -0.15) is 0 Å². The monoisotopic (exact) mass is 243 g/mol. The van der Waals surface area contributed by atoms with Gasteiger partial charge in [-0.05, 0) is 38.1 Å². The maximum absolute atomic E-state index is 5.58. The van der Waals surface area contributed by atoms with Gasteiger partial charge in [0.2, 0.25) is 0 Å². The standard InChI is InChI=1S/C14H29NO2/c1-13(2)6-9-16-11-12-17-10-7-14-5-3-4-8-15-14/h13-15H,3-12H2,1-2H3. The van der Waals surface area contributed by atoms with Gasteiger partial charge in [-0.25, -0.2) is 0 Å². The van der Waals surface area contributed by atoms with E-state index in [1.807, 2.05) is 0 Å². The second-order valence-electron chi connectivity index (χ2n) is 5.34.